The Labute approximate surface area is 139 Å². The van der Waals surface area contributed by atoms with Crippen molar-refractivity contribution in [1.29, 1.82) is 0 Å². The topological polar surface area (TPSA) is 111 Å². The van der Waals surface area contributed by atoms with E-state index >= 15 is 0 Å². The number of amides is 1. The van der Waals surface area contributed by atoms with Gasteiger partial charge in [0.1, 0.15) is 12.0 Å². The van der Waals surface area contributed by atoms with Crippen molar-refractivity contribution in [2.45, 2.75) is 30.2 Å². The molecule has 1 aliphatic heterocycles. The minimum absolute atomic E-state index is 0.0309. The zero-order chi connectivity index (χ0) is 17.3. The van der Waals surface area contributed by atoms with E-state index in [2.05, 4.69) is 20.2 Å². The highest BCUT2D eigenvalue weighted by Crippen LogP contribution is 2.23. The molecule has 0 radical (unpaired) electrons. The molecule has 0 atom stereocenters. The van der Waals surface area contributed by atoms with Crippen LogP contribution in [0.3, 0.4) is 0 Å². The highest BCUT2D eigenvalue weighted by Gasteiger charge is 2.35. The van der Waals surface area contributed by atoms with Gasteiger partial charge in [0.05, 0.1) is 17.1 Å². The number of aromatic nitrogens is 5. The average Bonchev–Trinajstić information content (AvgIpc) is 3.02. The van der Waals surface area contributed by atoms with Gasteiger partial charge >= 0.3 is 0 Å². The van der Waals surface area contributed by atoms with Crippen LogP contribution in [0.2, 0.25) is 0 Å². The van der Waals surface area contributed by atoms with Gasteiger partial charge in [-0.25, -0.2) is 13.4 Å². The Kier molecular flexibility index (Phi) is 4.31. The lowest BCUT2D eigenvalue weighted by atomic mass is 10.1. The number of rotatable bonds is 3. The summed E-state index contributed by atoms with van der Waals surface area (Å²) in [6, 6.07) is 0. The van der Waals surface area contributed by atoms with Gasteiger partial charge in [0, 0.05) is 26.3 Å². The summed E-state index contributed by atoms with van der Waals surface area (Å²) >= 11 is 0. The average molecular weight is 350 g/mol. The fraction of sp³-hybridized carbons (Fsp3) is 0.500. The summed E-state index contributed by atoms with van der Waals surface area (Å²) in [6.07, 6.45) is 5.07. The third kappa shape index (κ3) is 3.01. The minimum atomic E-state index is -3.55. The van der Waals surface area contributed by atoms with E-state index in [4.69, 9.17) is 0 Å². The van der Waals surface area contributed by atoms with Gasteiger partial charge < -0.3 is 9.47 Å². The lowest BCUT2D eigenvalue weighted by molar-refractivity contribution is 0.0719. The molecule has 0 spiro atoms. The first kappa shape index (κ1) is 16.5. The number of likely N-dealkylation sites (tertiary alicyclic amines) is 1. The van der Waals surface area contributed by atoms with E-state index in [0.717, 1.165) is 5.69 Å². The second-order valence-electron chi connectivity index (χ2n) is 5.80. The zero-order valence-corrected chi connectivity index (χ0v) is 14.3. The highest BCUT2D eigenvalue weighted by molar-refractivity contribution is 7.91. The fourth-order valence-electron chi connectivity index (χ4n) is 2.71. The molecule has 0 bridgehead atoms. The first-order chi connectivity index (χ1) is 11.4. The Balaban J connectivity index is 1.69. The molecule has 1 fully saturated rings. The summed E-state index contributed by atoms with van der Waals surface area (Å²) in [4.78, 5) is 22.2. The molecule has 1 amide bonds. The Hall–Kier alpha value is -2.36. The van der Waals surface area contributed by atoms with Crippen LogP contribution in [0.4, 0.5) is 0 Å². The van der Waals surface area contributed by atoms with E-state index in [1.807, 2.05) is 0 Å². The molecule has 3 heterocycles. The zero-order valence-electron chi connectivity index (χ0n) is 13.5. The molecule has 10 heteroatoms. The molecule has 2 aromatic heterocycles. The van der Waals surface area contributed by atoms with E-state index < -0.39 is 15.1 Å². The number of sulfone groups is 1. The Morgan fingerprint density at radius 3 is 2.46 bits per heavy atom. The Bertz CT molecular complexity index is 838. The van der Waals surface area contributed by atoms with Gasteiger partial charge in [-0.15, -0.1) is 10.2 Å². The van der Waals surface area contributed by atoms with Crippen molar-refractivity contribution in [2.75, 3.05) is 13.1 Å². The molecule has 3 rings (SSSR count). The number of piperidine rings is 1. The number of nitrogens with zero attached hydrogens (tertiary/aromatic N) is 6. The molecule has 0 aliphatic carbocycles. The summed E-state index contributed by atoms with van der Waals surface area (Å²) in [5.74, 6) is -0.225. The summed E-state index contributed by atoms with van der Waals surface area (Å²) in [6.45, 7) is 2.51. The molecule has 1 saturated heterocycles. The predicted octanol–water partition coefficient (Wildman–Crippen LogP) is -0.00798. The molecule has 2 aromatic rings. The lowest BCUT2D eigenvalue weighted by Gasteiger charge is -2.31. The molecule has 0 aromatic carbocycles. The second-order valence-corrected chi connectivity index (χ2v) is 7.93. The van der Waals surface area contributed by atoms with Crippen LogP contribution >= 0.6 is 0 Å². The summed E-state index contributed by atoms with van der Waals surface area (Å²) < 4.78 is 26.6. The predicted molar refractivity (Wildman–Crippen MR) is 83.9 cm³/mol. The van der Waals surface area contributed by atoms with Gasteiger partial charge in [-0.2, -0.15) is 0 Å². The molecule has 24 heavy (non-hydrogen) atoms. The van der Waals surface area contributed by atoms with Gasteiger partial charge in [-0.1, -0.05) is 0 Å². The van der Waals surface area contributed by atoms with Crippen LogP contribution < -0.4 is 0 Å². The van der Waals surface area contributed by atoms with Crippen LogP contribution in [0.25, 0.3) is 0 Å². The number of hydrogen-bond donors (Lipinski definition) is 0. The number of carbonyl (C=O) groups is 1. The van der Waals surface area contributed by atoms with Crippen molar-refractivity contribution >= 4 is 15.7 Å². The van der Waals surface area contributed by atoms with Crippen molar-refractivity contribution in [3.63, 3.8) is 0 Å². The van der Waals surface area contributed by atoms with Gasteiger partial charge in [0.25, 0.3) is 5.91 Å². The maximum absolute atomic E-state index is 12.6. The quantitative estimate of drug-likeness (QED) is 0.765. The normalized spacial score (nSPS) is 16.3. The molecule has 0 N–H and O–H groups in total. The van der Waals surface area contributed by atoms with Gasteiger partial charge in [-0.3, -0.25) is 9.78 Å². The third-order valence-corrected chi connectivity index (χ3v) is 6.32. The summed E-state index contributed by atoms with van der Waals surface area (Å²) in [5.41, 5.74) is 1.01. The summed E-state index contributed by atoms with van der Waals surface area (Å²) in [7, 11) is -1.95. The maximum Gasteiger partial charge on any atom is 0.274 e. The van der Waals surface area contributed by atoms with Crippen molar-refractivity contribution < 1.29 is 13.2 Å². The lowest BCUT2D eigenvalue weighted by Crippen LogP contribution is -2.43. The second kappa shape index (κ2) is 6.27. The van der Waals surface area contributed by atoms with Crippen LogP contribution in [0, 0.1) is 6.92 Å². The molecule has 128 valence electrons. The number of carbonyl (C=O) groups excluding carboxylic acids is 1. The third-order valence-electron chi connectivity index (χ3n) is 4.09. The highest BCUT2D eigenvalue weighted by atomic mass is 32.2. The molecule has 0 saturated carbocycles. The van der Waals surface area contributed by atoms with Crippen LogP contribution in [0.15, 0.2) is 23.9 Å². The maximum atomic E-state index is 12.6. The van der Waals surface area contributed by atoms with Crippen molar-refractivity contribution in [3.05, 3.63) is 30.1 Å². The van der Waals surface area contributed by atoms with E-state index in [0.29, 0.717) is 25.9 Å². The largest absolute Gasteiger partial charge is 0.337 e. The van der Waals surface area contributed by atoms with Gasteiger partial charge in [0.15, 0.2) is 0 Å². The smallest absolute Gasteiger partial charge is 0.274 e. The fourth-order valence-corrected chi connectivity index (χ4v) is 4.45. The van der Waals surface area contributed by atoms with E-state index in [9.17, 15) is 13.2 Å². The monoisotopic (exact) mass is 350 g/mol. The number of hydrogen-bond acceptors (Lipinski definition) is 7. The van der Waals surface area contributed by atoms with E-state index in [1.165, 1.54) is 17.1 Å². The van der Waals surface area contributed by atoms with Gasteiger partial charge in [0.2, 0.25) is 15.0 Å². The van der Waals surface area contributed by atoms with E-state index in [1.54, 1.807) is 25.1 Å². The van der Waals surface area contributed by atoms with Gasteiger partial charge in [-0.05, 0) is 19.8 Å². The minimum Gasteiger partial charge on any atom is -0.337 e. The van der Waals surface area contributed by atoms with Crippen LogP contribution in [0.5, 0.6) is 0 Å². The van der Waals surface area contributed by atoms with Crippen LogP contribution in [-0.2, 0) is 16.9 Å². The first-order valence-electron chi connectivity index (χ1n) is 7.55. The molecule has 0 unspecified atom stereocenters. The van der Waals surface area contributed by atoms with Crippen molar-refractivity contribution in [1.82, 2.24) is 29.6 Å². The molecular weight excluding hydrogens is 332 g/mol. The molecular formula is C14H18N6O3S. The molecule has 1 aliphatic rings. The first-order valence-corrected chi connectivity index (χ1v) is 9.10. The summed E-state index contributed by atoms with van der Waals surface area (Å²) in [5, 5.41) is 6.73. The van der Waals surface area contributed by atoms with Crippen LogP contribution in [0.1, 0.15) is 29.0 Å². The van der Waals surface area contributed by atoms with Crippen molar-refractivity contribution in [2.24, 2.45) is 7.05 Å². The standard InChI is InChI=1S/C14H18N6O3S/c1-10-7-16-12(8-15-10)13(21)20-5-3-11(4-6-20)24(22,23)14-18-17-9-19(14)2/h7-9,11H,3-6H2,1-2H3. The van der Waals surface area contributed by atoms with E-state index in [-0.39, 0.29) is 16.8 Å². The Morgan fingerprint density at radius 2 is 1.92 bits per heavy atom. The van der Waals surface area contributed by atoms with Crippen LogP contribution in [-0.4, -0.2) is 62.3 Å². The Morgan fingerprint density at radius 1 is 1.21 bits per heavy atom. The molecule has 9 nitrogen and oxygen atoms in total. The number of aryl methyl sites for hydroxylation is 2. The SMILES string of the molecule is Cc1cnc(C(=O)N2CCC(S(=O)(=O)c3nncn3C)CC2)cn1. The van der Waals surface area contributed by atoms with Crippen molar-refractivity contribution in [3.8, 4) is 0 Å².